The molecule has 3 amide bonds. The van der Waals surface area contributed by atoms with Gasteiger partial charge >= 0.3 is 12.0 Å². The number of nitrogens with zero attached hydrogens (tertiary/aromatic N) is 1. The topological polar surface area (TPSA) is 145 Å². The third-order valence-electron chi connectivity index (χ3n) is 3.98. The van der Waals surface area contributed by atoms with Gasteiger partial charge in [-0.2, -0.15) is 4.31 Å². The van der Waals surface area contributed by atoms with E-state index >= 15 is 0 Å². The molecule has 1 aliphatic rings. The van der Waals surface area contributed by atoms with Crippen LogP contribution in [-0.2, 0) is 19.6 Å². The van der Waals surface area contributed by atoms with Crippen molar-refractivity contribution in [1.82, 2.24) is 9.62 Å². The molecule has 10 nitrogen and oxygen atoms in total. The summed E-state index contributed by atoms with van der Waals surface area (Å²) in [5, 5.41) is 1.79. The van der Waals surface area contributed by atoms with Crippen LogP contribution in [0.2, 0.25) is 0 Å². The number of ether oxygens (including phenoxy) is 2. The summed E-state index contributed by atoms with van der Waals surface area (Å²) in [6.45, 7) is 2.04. The third-order valence-corrected chi connectivity index (χ3v) is 5.90. The number of methoxy groups -OCH3 is 1. The summed E-state index contributed by atoms with van der Waals surface area (Å²) >= 11 is 0. The molecule has 1 aliphatic heterocycles. The minimum atomic E-state index is -3.84. The van der Waals surface area contributed by atoms with Crippen LogP contribution in [0.5, 0.6) is 5.75 Å². The summed E-state index contributed by atoms with van der Waals surface area (Å²) in [5.41, 5.74) is 4.76. The molecular formula is C16H21N3O7S. The van der Waals surface area contributed by atoms with Crippen LogP contribution < -0.4 is 15.8 Å². The second kappa shape index (κ2) is 8.35. The van der Waals surface area contributed by atoms with Gasteiger partial charge in [-0.1, -0.05) is 0 Å². The Bertz CT molecular complexity index is 848. The number of amides is 3. The maximum Gasteiger partial charge on any atom is 0.338 e. The highest BCUT2D eigenvalue weighted by Gasteiger charge is 2.31. The Labute approximate surface area is 156 Å². The first kappa shape index (κ1) is 20.6. The Morgan fingerprint density at radius 2 is 1.85 bits per heavy atom. The van der Waals surface area contributed by atoms with Gasteiger partial charge in [-0.25, -0.2) is 18.0 Å². The minimum Gasteiger partial charge on any atom is -0.495 e. The number of benzene rings is 1. The maximum atomic E-state index is 12.8. The van der Waals surface area contributed by atoms with Gasteiger partial charge in [0.05, 0.1) is 12.7 Å². The largest absolute Gasteiger partial charge is 0.495 e. The average Bonchev–Trinajstić information content (AvgIpc) is 3.15. The predicted molar refractivity (Wildman–Crippen MR) is 93.6 cm³/mol. The Kier molecular flexibility index (Phi) is 6.39. The number of nitrogens with two attached hydrogens (primary N) is 1. The average molecular weight is 399 g/mol. The molecule has 3 N–H and O–H groups in total. The van der Waals surface area contributed by atoms with E-state index in [1.807, 2.05) is 0 Å². The molecule has 0 saturated carbocycles. The third kappa shape index (κ3) is 4.74. The fourth-order valence-corrected chi connectivity index (χ4v) is 4.28. The van der Waals surface area contributed by atoms with E-state index in [-0.39, 0.29) is 16.2 Å². The standard InChI is InChI=1S/C16H21N3O7S/c1-10(14(20)18-16(17)22)26-15(21)11-5-6-12(25-2)13(9-11)27(23,24)19-7-3-4-8-19/h5-6,9-10H,3-4,7-8H2,1-2H3,(H3,17,18,20,22)/t10-/m0/s1. The Morgan fingerprint density at radius 3 is 2.41 bits per heavy atom. The number of hydrogen-bond donors (Lipinski definition) is 2. The molecule has 148 valence electrons. The highest BCUT2D eigenvalue weighted by atomic mass is 32.2. The first-order valence-corrected chi connectivity index (χ1v) is 9.60. The predicted octanol–water partition coefficient (Wildman–Crippen LogP) is 0.220. The fraction of sp³-hybridized carbons (Fsp3) is 0.438. The Balaban J connectivity index is 2.27. The Morgan fingerprint density at radius 1 is 1.22 bits per heavy atom. The van der Waals surface area contributed by atoms with Crippen molar-refractivity contribution in [2.45, 2.75) is 30.8 Å². The SMILES string of the molecule is COc1ccc(C(=O)O[C@@H](C)C(=O)NC(N)=O)cc1S(=O)(=O)N1CCCC1. The van der Waals surface area contributed by atoms with Crippen LogP contribution >= 0.6 is 0 Å². The minimum absolute atomic E-state index is 0.0766. The lowest BCUT2D eigenvalue weighted by Crippen LogP contribution is -2.42. The van der Waals surface area contributed by atoms with Gasteiger partial charge in [0.1, 0.15) is 10.6 Å². The number of urea groups is 1. The van der Waals surface area contributed by atoms with Gasteiger partial charge in [-0.05, 0) is 38.0 Å². The number of carbonyl (C=O) groups is 3. The molecule has 1 aromatic rings. The van der Waals surface area contributed by atoms with E-state index in [0.717, 1.165) is 18.9 Å². The zero-order chi connectivity index (χ0) is 20.2. The molecule has 0 bridgehead atoms. The van der Waals surface area contributed by atoms with Gasteiger partial charge in [0.2, 0.25) is 10.0 Å². The van der Waals surface area contributed by atoms with Crippen LogP contribution in [0.1, 0.15) is 30.1 Å². The van der Waals surface area contributed by atoms with E-state index in [9.17, 15) is 22.8 Å². The molecule has 1 saturated heterocycles. The molecule has 0 aliphatic carbocycles. The lowest BCUT2D eigenvalue weighted by atomic mass is 10.2. The maximum absolute atomic E-state index is 12.8. The zero-order valence-corrected chi connectivity index (χ0v) is 15.7. The molecule has 0 unspecified atom stereocenters. The molecule has 1 aromatic carbocycles. The number of primary amides is 1. The molecule has 1 heterocycles. The van der Waals surface area contributed by atoms with Crippen molar-refractivity contribution in [2.75, 3.05) is 20.2 Å². The van der Waals surface area contributed by atoms with Crippen LogP contribution in [0, 0.1) is 0 Å². The van der Waals surface area contributed by atoms with Gasteiger partial charge in [-0.15, -0.1) is 0 Å². The van der Waals surface area contributed by atoms with Crippen LogP contribution in [0.15, 0.2) is 23.1 Å². The molecule has 11 heteroatoms. The van der Waals surface area contributed by atoms with Crippen LogP contribution in [0.3, 0.4) is 0 Å². The number of rotatable bonds is 6. The van der Waals surface area contributed by atoms with Crippen molar-refractivity contribution in [3.8, 4) is 5.75 Å². The summed E-state index contributed by atoms with van der Waals surface area (Å²) in [6, 6.07) is 2.73. The van der Waals surface area contributed by atoms with Gasteiger partial charge in [0, 0.05) is 13.1 Å². The second-order valence-electron chi connectivity index (χ2n) is 5.88. The number of carbonyl (C=O) groups excluding carboxylic acids is 3. The van der Waals surface area contributed by atoms with Crippen molar-refractivity contribution in [1.29, 1.82) is 0 Å². The summed E-state index contributed by atoms with van der Waals surface area (Å²) in [4.78, 5) is 34.4. The second-order valence-corrected chi connectivity index (χ2v) is 7.78. The zero-order valence-electron chi connectivity index (χ0n) is 14.9. The summed E-state index contributed by atoms with van der Waals surface area (Å²) in [5.74, 6) is -1.73. The van der Waals surface area contributed by atoms with Crippen molar-refractivity contribution in [3.63, 3.8) is 0 Å². The molecule has 0 radical (unpaired) electrons. The van der Waals surface area contributed by atoms with Gasteiger partial charge in [0.15, 0.2) is 6.10 Å². The van der Waals surface area contributed by atoms with Gasteiger partial charge in [-0.3, -0.25) is 10.1 Å². The highest BCUT2D eigenvalue weighted by molar-refractivity contribution is 7.89. The molecule has 1 fully saturated rings. The highest BCUT2D eigenvalue weighted by Crippen LogP contribution is 2.30. The molecule has 0 aromatic heterocycles. The molecule has 0 spiro atoms. The van der Waals surface area contributed by atoms with E-state index < -0.39 is 34.0 Å². The van der Waals surface area contributed by atoms with E-state index in [2.05, 4.69) is 0 Å². The first-order valence-electron chi connectivity index (χ1n) is 8.16. The van der Waals surface area contributed by atoms with Crippen LogP contribution in [-0.4, -0.2) is 56.9 Å². The number of esters is 1. The number of hydrogen-bond acceptors (Lipinski definition) is 7. The summed E-state index contributed by atoms with van der Waals surface area (Å²) < 4.78 is 37.0. The van der Waals surface area contributed by atoms with Gasteiger partial charge in [0.25, 0.3) is 5.91 Å². The van der Waals surface area contributed by atoms with Crippen molar-refractivity contribution >= 4 is 27.9 Å². The fourth-order valence-electron chi connectivity index (χ4n) is 2.58. The van der Waals surface area contributed by atoms with E-state index in [1.165, 1.54) is 30.5 Å². The summed E-state index contributed by atoms with van der Waals surface area (Å²) in [6.07, 6.45) is 0.219. The molecular weight excluding hydrogens is 378 g/mol. The van der Waals surface area contributed by atoms with E-state index in [1.54, 1.807) is 5.32 Å². The molecule has 2 rings (SSSR count). The Hall–Kier alpha value is -2.66. The monoisotopic (exact) mass is 399 g/mol. The van der Waals surface area contributed by atoms with Crippen molar-refractivity contribution in [3.05, 3.63) is 23.8 Å². The van der Waals surface area contributed by atoms with Crippen molar-refractivity contribution < 1.29 is 32.3 Å². The van der Waals surface area contributed by atoms with Crippen LogP contribution in [0.4, 0.5) is 4.79 Å². The number of nitrogens with one attached hydrogen (secondary N) is 1. The van der Waals surface area contributed by atoms with Gasteiger partial charge < -0.3 is 15.2 Å². The van der Waals surface area contributed by atoms with Crippen LogP contribution in [0.25, 0.3) is 0 Å². The molecule has 1 atom stereocenters. The lowest BCUT2D eigenvalue weighted by molar-refractivity contribution is -0.127. The van der Waals surface area contributed by atoms with E-state index in [0.29, 0.717) is 13.1 Å². The quantitative estimate of drug-likeness (QED) is 0.651. The number of imide groups is 1. The van der Waals surface area contributed by atoms with Crippen molar-refractivity contribution in [2.24, 2.45) is 5.73 Å². The molecule has 27 heavy (non-hydrogen) atoms. The lowest BCUT2D eigenvalue weighted by Gasteiger charge is -2.18. The summed E-state index contributed by atoms with van der Waals surface area (Å²) in [7, 11) is -2.51. The smallest absolute Gasteiger partial charge is 0.338 e. The first-order chi connectivity index (χ1) is 12.7. The number of sulfonamides is 1. The van der Waals surface area contributed by atoms with E-state index in [4.69, 9.17) is 15.2 Å². The normalized spacial score (nSPS) is 15.8.